The average molecular weight is 247 g/mol. The summed E-state index contributed by atoms with van der Waals surface area (Å²) in [6, 6.07) is 3.75. The van der Waals surface area contributed by atoms with Gasteiger partial charge in [0.25, 0.3) is 0 Å². The van der Waals surface area contributed by atoms with Crippen molar-refractivity contribution in [3.8, 4) is 0 Å². The summed E-state index contributed by atoms with van der Waals surface area (Å²) in [7, 11) is -3.98. The highest BCUT2D eigenvalue weighted by Gasteiger charge is 2.15. The fourth-order valence-electron chi connectivity index (χ4n) is 1.03. The molecule has 0 aliphatic heterocycles. The zero-order valence-corrected chi connectivity index (χ0v) is 9.21. The Morgan fingerprint density at radius 2 is 2.12 bits per heavy atom. The van der Waals surface area contributed by atoms with E-state index < -0.39 is 27.6 Å². The second-order valence-electron chi connectivity index (χ2n) is 3.22. The van der Waals surface area contributed by atoms with Crippen LogP contribution in [0.3, 0.4) is 0 Å². The molecule has 0 fully saturated rings. The molecule has 0 spiro atoms. The molecule has 0 aliphatic rings. The van der Waals surface area contributed by atoms with Gasteiger partial charge < -0.3 is 5.11 Å². The molecule has 5 nitrogen and oxygen atoms in total. The third-order valence-electron chi connectivity index (χ3n) is 1.76. The number of carbonyl (C=O) groups is 1. The largest absolute Gasteiger partial charge is 0.480 e. The Hall–Kier alpha value is -1.63. The van der Waals surface area contributed by atoms with Gasteiger partial charge in [-0.3, -0.25) is 9.52 Å². The topological polar surface area (TPSA) is 83.5 Å². The number of hydrogen-bond donors (Lipinski definition) is 2. The van der Waals surface area contributed by atoms with Gasteiger partial charge in [-0.15, -0.1) is 0 Å². The molecular weight excluding hydrogens is 237 g/mol. The maximum Gasteiger partial charge on any atom is 0.320 e. The van der Waals surface area contributed by atoms with Crippen molar-refractivity contribution in [3.63, 3.8) is 0 Å². The van der Waals surface area contributed by atoms with Crippen molar-refractivity contribution in [1.29, 1.82) is 0 Å². The smallest absolute Gasteiger partial charge is 0.320 e. The van der Waals surface area contributed by atoms with Crippen LogP contribution in [0.15, 0.2) is 18.2 Å². The van der Waals surface area contributed by atoms with E-state index in [9.17, 15) is 17.6 Å². The minimum absolute atomic E-state index is 0.00403. The van der Waals surface area contributed by atoms with Gasteiger partial charge in [-0.2, -0.15) is 0 Å². The van der Waals surface area contributed by atoms with E-state index in [-0.39, 0.29) is 5.69 Å². The van der Waals surface area contributed by atoms with Gasteiger partial charge in [0, 0.05) is 0 Å². The normalized spacial score (nSPS) is 11.1. The highest BCUT2D eigenvalue weighted by atomic mass is 32.2. The number of sulfonamides is 1. The third-order valence-corrected chi connectivity index (χ3v) is 2.93. The average Bonchev–Trinajstić information content (AvgIpc) is 2.08. The number of halogens is 1. The van der Waals surface area contributed by atoms with Crippen LogP contribution in [0, 0.1) is 12.7 Å². The summed E-state index contributed by atoms with van der Waals surface area (Å²) in [6.45, 7) is 1.53. The molecule has 0 aromatic heterocycles. The first-order valence-corrected chi connectivity index (χ1v) is 5.94. The molecule has 0 saturated carbocycles. The monoisotopic (exact) mass is 247 g/mol. The molecule has 7 heteroatoms. The molecule has 0 aliphatic carbocycles. The first-order valence-electron chi connectivity index (χ1n) is 4.28. The molecule has 0 unspecified atom stereocenters. The Morgan fingerprint density at radius 3 is 2.62 bits per heavy atom. The van der Waals surface area contributed by atoms with Crippen LogP contribution in [0.1, 0.15) is 5.56 Å². The van der Waals surface area contributed by atoms with E-state index in [1.807, 2.05) is 4.72 Å². The van der Waals surface area contributed by atoms with Crippen LogP contribution in [0.5, 0.6) is 0 Å². The standard InChI is InChI=1S/C9H10FNO4S/c1-6-2-3-7(4-8(6)10)11-16(14,15)5-9(12)13/h2-4,11H,5H2,1H3,(H,12,13). The number of anilines is 1. The number of benzene rings is 1. The van der Waals surface area contributed by atoms with E-state index in [0.29, 0.717) is 5.56 Å². The van der Waals surface area contributed by atoms with Gasteiger partial charge >= 0.3 is 5.97 Å². The van der Waals surface area contributed by atoms with Crippen LogP contribution in [0.2, 0.25) is 0 Å². The molecular formula is C9H10FNO4S. The molecule has 0 bridgehead atoms. The lowest BCUT2D eigenvalue weighted by Crippen LogP contribution is -2.22. The predicted molar refractivity (Wildman–Crippen MR) is 56.2 cm³/mol. The van der Waals surface area contributed by atoms with Crippen LogP contribution >= 0.6 is 0 Å². The molecule has 0 atom stereocenters. The quantitative estimate of drug-likeness (QED) is 0.830. The second kappa shape index (κ2) is 4.48. The van der Waals surface area contributed by atoms with Crippen molar-refractivity contribution < 1.29 is 22.7 Å². The maximum atomic E-state index is 13.1. The van der Waals surface area contributed by atoms with Crippen LogP contribution in [-0.2, 0) is 14.8 Å². The van der Waals surface area contributed by atoms with Crippen molar-refractivity contribution in [3.05, 3.63) is 29.6 Å². The van der Waals surface area contributed by atoms with Gasteiger partial charge in [0.1, 0.15) is 5.82 Å². The fraction of sp³-hybridized carbons (Fsp3) is 0.222. The number of hydrogen-bond acceptors (Lipinski definition) is 3. The molecule has 1 rings (SSSR count). The van der Waals surface area contributed by atoms with Gasteiger partial charge in [0.15, 0.2) is 5.75 Å². The van der Waals surface area contributed by atoms with E-state index in [4.69, 9.17) is 5.11 Å². The van der Waals surface area contributed by atoms with Crippen LogP contribution < -0.4 is 4.72 Å². The van der Waals surface area contributed by atoms with Crippen LogP contribution in [-0.4, -0.2) is 25.2 Å². The second-order valence-corrected chi connectivity index (χ2v) is 4.94. The number of rotatable bonds is 4. The molecule has 16 heavy (non-hydrogen) atoms. The van der Waals surface area contributed by atoms with E-state index in [1.165, 1.54) is 19.1 Å². The molecule has 0 saturated heterocycles. The predicted octanol–water partition coefficient (Wildman–Crippen LogP) is 0.960. The fourth-order valence-corrected chi connectivity index (χ4v) is 1.92. The summed E-state index contributed by atoms with van der Waals surface area (Å²) in [5.41, 5.74) is 0.380. The summed E-state index contributed by atoms with van der Waals surface area (Å²) in [5.74, 6) is -3.08. The van der Waals surface area contributed by atoms with E-state index in [0.717, 1.165) is 6.07 Å². The van der Waals surface area contributed by atoms with Crippen molar-refractivity contribution >= 4 is 21.7 Å². The summed E-state index contributed by atoms with van der Waals surface area (Å²) in [6.07, 6.45) is 0. The van der Waals surface area contributed by atoms with Crippen LogP contribution in [0.4, 0.5) is 10.1 Å². The van der Waals surface area contributed by atoms with Gasteiger partial charge in [-0.1, -0.05) is 6.07 Å². The first kappa shape index (κ1) is 12.4. The SMILES string of the molecule is Cc1ccc(NS(=O)(=O)CC(=O)O)cc1F. The molecule has 88 valence electrons. The molecule has 1 aromatic carbocycles. The Morgan fingerprint density at radius 1 is 1.50 bits per heavy atom. The Balaban J connectivity index is 2.88. The number of aliphatic carboxylic acids is 1. The molecule has 0 radical (unpaired) electrons. The molecule has 1 aromatic rings. The molecule has 0 amide bonds. The van der Waals surface area contributed by atoms with E-state index >= 15 is 0 Å². The Bertz CT molecular complexity index is 512. The number of aryl methyl sites for hydroxylation is 1. The highest BCUT2D eigenvalue weighted by molar-refractivity contribution is 7.93. The summed E-state index contributed by atoms with van der Waals surface area (Å²) in [5, 5.41) is 8.33. The van der Waals surface area contributed by atoms with E-state index in [2.05, 4.69) is 0 Å². The zero-order valence-electron chi connectivity index (χ0n) is 8.40. The Labute approximate surface area is 92.0 Å². The first-order chi connectivity index (χ1) is 7.30. The minimum atomic E-state index is -3.98. The lowest BCUT2D eigenvalue weighted by molar-refractivity contribution is -0.134. The van der Waals surface area contributed by atoms with Gasteiger partial charge in [0.2, 0.25) is 10.0 Å². The van der Waals surface area contributed by atoms with Crippen molar-refractivity contribution in [1.82, 2.24) is 0 Å². The van der Waals surface area contributed by atoms with Crippen LogP contribution in [0.25, 0.3) is 0 Å². The van der Waals surface area contributed by atoms with Crippen molar-refractivity contribution in [2.75, 3.05) is 10.5 Å². The summed E-state index contributed by atoms with van der Waals surface area (Å²) in [4.78, 5) is 10.2. The summed E-state index contributed by atoms with van der Waals surface area (Å²) < 4.78 is 37.4. The summed E-state index contributed by atoms with van der Waals surface area (Å²) >= 11 is 0. The number of carboxylic acids is 1. The molecule has 0 heterocycles. The van der Waals surface area contributed by atoms with E-state index in [1.54, 1.807) is 0 Å². The van der Waals surface area contributed by atoms with Crippen molar-refractivity contribution in [2.45, 2.75) is 6.92 Å². The highest BCUT2D eigenvalue weighted by Crippen LogP contribution is 2.14. The Kier molecular flexibility index (Phi) is 3.48. The van der Waals surface area contributed by atoms with Gasteiger partial charge in [-0.05, 0) is 24.6 Å². The number of carboxylic acid groups (broad SMARTS) is 1. The lowest BCUT2D eigenvalue weighted by Gasteiger charge is -2.06. The lowest BCUT2D eigenvalue weighted by atomic mass is 10.2. The minimum Gasteiger partial charge on any atom is -0.480 e. The maximum absolute atomic E-state index is 13.1. The van der Waals surface area contributed by atoms with Gasteiger partial charge in [0.05, 0.1) is 5.69 Å². The van der Waals surface area contributed by atoms with Gasteiger partial charge in [-0.25, -0.2) is 12.8 Å². The zero-order chi connectivity index (χ0) is 12.3. The molecule has 2 N–H and O–H groups in total. The van der Waals surface area contributed by atoms with Crippen molar-refractivity contribution in [2.24, 2.45) is 0 Å². The number of nitrogens with one attached hydrogen (secondary N) is 1. The third kappa shape index (κ3) is 3.50.